The molecular weight excluding hydrogens is 180 g/mol. The van der Waals surface area contributed by atoms with E-state index in [1.807, 2.05) is 17.5 Å². The number of rotatable bonds is 1. The standard InChI is InChI=1S/C10H12N2S/c1-7-5-8(2)13-10(7)9-3-4-11-6-12-9/h3-6,9H,1-2H3,(H,11,12). The summed E-state index contributed by atoms with van der Waals surface area (Å²) in [6.45, 7) is 4.29. The van der Waals surface area contributed by atoms with Crippen LogP contribution in [0.5, 0.6) is 0 Å². The van der Waals surface area contributed by atoms with Gasteiger partial charge in [-0.2, -0.15) is 0 Å². The molecule has 0 spiro atoms. The van der Waals surface area contributed by atoms with Crippen LogP contribution in [0.15, 0.2) is 23.3 Å². The molecule has 1 unspecified atom stereocenters. The fourth-order valence-corrected chi connectivity index (χ4v) is 2.57. The fourth-order valence-electron chi connectivity index (χ4n) is 1.49. The Morgan fingerprint density at radius 3 is 2.85 bits per heavy atom. The molecule has 0 amide bonds. The van der Waals surface area contributed by atoms with Gasteiger partial charge in [-0.3, -0.25) is 0 Å². The lowest BCUT2D eigenvalue weighted by Crippen LogP contribution is -2.19. The Labute approximate surface area is 82.0 Å². The van der Waals surface area contributed by atoms with Crippen LogP contribution in [0.25, 0.3) is 0 Å². The molecule has 2 rings (SSSR count). The number of aliphatic imine (C=N–C) groups is 1. The predicted molar refractivity (Wildman–Crippen MR) is 57.3 cm³/mol. The smallest absolute Gasteiger partial charge is 0.0886 e. The second-order valence-corrected chi connectivity index (χ2v) is 4.46. The number of thiophene rings is 1. The van der Waals surface area contributed by atoms with Gasteiger partial charge in [-0.15, -0.1) is 11.3 Å². The molecule has 2 heterocycles. The second kappa shape index (κ2) is 3.34. The van der Waals surface area contributed by atoms with Crippen LogP contribution >= 0.6 is 11.3 Å². The highest BCUT2D eigenvalue weighted by atomic mass is 32.1. The summed E-state index contributed by atoms with van der Waals surface area (Å²) in [4.78, 5) is 6.73. The van der Waals surface area contributed by atoms with E-state index >= 15 is 0 Å². The van der Waals surface area contributed by atoms with Crippen LogP contribution in [0.4, 0.5) is 0 Å². The van der Waals surface area contributed by atoms with E-state index < -0.39 is 0 Å². The molecule has 0 saturated carbocycles. The van der Waals surface area contributed by atoms with Crippen LogP contribution in [0, 0.1) is 13.8 Å². The Morgan fingerprint density at radius 2 is 2.31 bits per heavy atom. The van der Waals surface area contributed by atoms with Crippen molar-refractivity contribution in [2.24, 2.45) is 4.99 Å². The minimum atomic E-state index is 0.316. The lowest BCUT2D eigenvalue weighted by Gasteiger charge is -2.14. The van der Waals surface area contributed by atoms with Gasteiger partial charge in [0.05, 0.1) is 12.4 Å². The van der Waals surface area contributed by atoms with E-state index in [-0.39, 0.29) is 0 Å². The largest absolute Gasteiger partial charge is 0.365 e. The van der Waals surface area contributed by atoms with E-state index in [1.165, 1.54) is 15.3 Å². The third-order valence-corrected chi connectivity index (χ3v) is 3.29. The Kier molecular flexibility index (Phi) is 2.19. The maximum Gasteiger partial charge on any atom is 0.0886 e. The van der Waals surface area contributed by atoms with E-state index in [9.17, 15) is 0 Å². The van der Waals surface area contributed by atoms with Crippen molar-refractivity contribution < 1.29 is 0 Å². The van der Waals surface area contributed by atoms with Crippen molar-refractivity contribution in [1.29, 1.82) is 0 Å². The van der Waals surface area contributed by atoms with Crippen molar-refractivity contribution in [2.45, 2.75) is 19.9 Å². The summed E-state index contributed by atoms with van der Waals surface area (Å²) in [6, 6.07) is 2.54. The van der Waals surface area contributed by atoms with Crippen LogP contribution < -0.4 is 5.32 Å². The molecule has 0 fully saturated rings. The summed E-state index contributed by atoms with van der Waals surface area (Å²) in [5.74, 6) is 0. The van der Waals surface area contributed by atoms with Gasteiger partial charge in [0.2, 0.25) is 0 Å². The van der Waals surface area contributed by atoms with Crippen LogP contribution in [0.2, 0.25) is 0 Å². The molecule has 1 atom stereocenters. The average molecular weight is 192 g/mol. The highest BCUT2D eigenvalue weighted by Gasteiger charge is 2.13. The minimum Gasteiger partial charge on any atom is -0.365 e. The second-order valence-electron chi connectivity index (χ2n) is 3.17. The summed E-state index contributed by atoms with van der Waals surface area (Å²) >= 11 is 1.85. The average Bonchev–Trinajstić information content (AvgIpc) is 2.47. The van der Waals surface area contributed by atoms with Crippen molar-refractivity contribution in [1.82, 2.24) is 5.32 Å². The van der Waals surface area contributed by atoms with Crippen LogP contribution in [0.1, 0.15) is 21.4 Å². The molecule has 1 aromatic heterocycles. The van der Waals surface area contributed by atoms with Crippen molar-refractivity contribution >= 4 is 17.7 Å². The first kappa shape index (κ1) is 8.51. The van der Waals surface area contributed by atoms with Gasteiger partial charge < -0.3 is 5.32 Å². The van der Waals surface area contributed by atoms with E-state index in [2.05, 4.69) is 36.3 Å². The van der Waals surface area contributed by atoms with E-state index in [1.54, 1.807) is 6.34 Å². The van der Waals surface area contributed by atoms with Crippen molar-refractivity contribution in [3.63, 3.8) is 0 Å². The third kappa shape index (κ3) is 1.65. The summed E-state index contributed by atoms with van der Waals surface area (Å²) < 4.78 is 0. The Balaban J connectivity index is 2.30. The zero-order valence-corrected chi connectivity index (χ0v) is 8.56. The van der Waals surface area contributed by atoms with Crippen LogP contribution in [-0.4, -0.2) is 6.34 Å². The molecule has 3 heteroatoms. The highest BCUT2D eigenvalue weighted by molar-refractivity contribution is 7.12. The predicted octanol–water partition coefficient (Wildman–Crippen LogP) is 2.55. The minimum absolute atomic E-state index is 0.316. The molecule has 0 radical (unpaired) electrons. The van der Waals surface area contributed by atoms with E-state index in [4.69, 9.17) is 0 Å². The number of aryl methyl sites for hydroxylation is 2. The van der Waals surface area contributed by atoms with Gasteiger partial charge in [0.15, 0.2) is 0 Å². The number of hydrogen-bond acceptors (Lipinski definition) is 3. The molecule has 13 heavy (non-hydrogen) atoms. The lowest BCUT2D eigenvalue weighted by molar-refractivity contribution is 0.801. The quantitative estimate of drug-likeness (QED) is 0.726. The van der Waals surface area contributed by atoms with E-state index in [0.29, 0.717) is 6.04 Å². The summed E-state index contributed by atoms with van der Waals surface area (Å²) in [6.07, 6.45) is 5.67. The van der Waals surface area contributed by atoms with Gasteiger partial charge in [-0.25, -0.2) is 4.99 Å². The van der Waals surface area contributed by atoms with Crippen molar-refractivity contribution in [3.05, 3.63) is 33.7 Å². The van der Waals surface area contributed by atoms with Crippen molar-refractivity contribution in [3.8, 4) is 0 Å². The normalized spacial score (nSPS) is 20.3. The Morgan fingerprint density at radius 1 is 1.46 bits per heavy atom. The van der Waals surface area contributed by atoms with Gasteiger partial charge in [0.25, 0.3) is 0 Å². The first-order valence-electron chi connectivity index (χ1n) is 4.28. The first-order valence-corrected chi connectivity index (χ1v) is 5.10. The van der Waals surface area contributed by atoms with E-state index in [0.717, 1.165) is 0 Å². The molecule has 2 nitrogen and oxygen atoms in total. The monoisotopic (exact) mass is 192 g/mol. The molecular formula is C10H12N2S. The molecule has 1 N–H and O–H groups in total. The summed E-state index contributed by atoms with van der Waals surface area (Å²) in [7, 11) is 0. The number of nitrogens with one attached hydrogen (secondary N) is 1. The SMILES string of the molecule is Cc1cc(C)c(C2C=CN=CN2)s1. The summed E-state index contributed by atoms with van der Waals surface area (Å²) in [5, 5.41) is 3.22. The van der Waals surface area contributed by atoms with Crippen LogP contribution in [-0.2, 0) is 0 Å². The van der Waals surface area contributed by atoms with Crippen LogP contribution in [0.3, 0.4) is 0 Å². The van der Waals surface area contributed by atoms with Gasteiger partial charge in [0.1, 0.15) is 0 Å². The Hall–Kier alpha value is -1.09. The lowest BCUT2D eigenvalue weighted by atomic mass is 10.1. The topological polar surface area (TPSA) is 24.4 Å². The molecule has 0 saturated heterocycles. The number of hydrogen-bond donors (Lipinski definition) is 1. The highest BCUT2D eigenvalue weighted by Crippen LogP contribution is 2.28. The Bertz CT molecular complexity index is 363. The summed E-state index contributed by atoms with van der Waals surface area (Å²) in [5.41, 5.74) is 1.36. The van der Waals surface area contributed by atoms with Gasteiger partial charge in [-0.05, 0) is 31.6 Å². The molecule has 1 aliphatic heterocycles. The molecule has 0 aliphatic carbocycles. The maximum absolute atomic E-state index is 3.98. The molecule has 1 aromatic rings. The fraction of sp³-hybridized carbons (Fsp3) is 0.300. The van der Waals surface area contributed by atoms with Crippen molar-refractivity contribution in [2.75, 3.05) is 0 Å². The van der Waals surface area contributed by atoms with Gasteiger partial charge >= 0.3 is 0 Å². The zero-order valence-electron chi connectivity index (χ0n) is 7.74. The van der Waals surface area contributed by atoms with Gasteiger partial charge in [0, 0.05) is 16.0 Å². The number of nitrogens with zero attached hydrogens (tertiary/aromatic N) is 1. The zero-order chi connectivity index (χ0) is 9.26. The molecule has 0 aromatic carbocycles. The molecule has 1 aliphatic rings. The third-order valence-electron chi connectivity index (χ3n) is 2.06. The molecule has 68 valence electrons. The first-order chi connectivity index (χ1) is 6.27. The molecule has 0 bridgehead atoms. The van der Waals surface area contributed by atoms with Gasteiger partial charge in [-0.1, -0.05) is 0 Å². The maximum atomic E-state index is 3.98.